The van der Waals surface area contributed by atoms with Crippen molar-refractivity contribution in [3.8, 4) is 11.5 Å². The van der Waals surface area contributed by atoms with E-state index in [0.717, 1.165) is 23.6 Å². The number of ether oxygens (including phenoxy) is 2. The van der Waals surface area contributed by atoms with Gasteiger partial charge in [-0.15, -0.1) is 0 Å². The molecule has 1 atom stereocenters. The Hall–Kier alpha value is -2.16. The van der Waals surface area contributed by atoms with E-state index in [9.17, 15) is 0 Å². The van der Waals surface area contributed by atoms with Crippen LogP contribution < -0.4 is 14.8 Å². The molecule has 104 valence electrons. The molecule has 0 amide bonds. The molecule has 0 aromatic heterocycles. The molecule has 1 unspecified atom stereocenters. The number of nitrogens with one attached hydrogen (secondary N) is 1. The average Bonchev–Trinajstić information content (AvgIpc) is 2.54. The van der Waals surface area contributed by atoms with Gasteiger partial charge < -0.3 is 14.8 Å². The summed E-state index contributed by atoms with van der Waals surface area (Å²) < 4.78 is 11.0. The molecule has 20 heavy (non-hydrogen) atoms. The SMILES string of the molecule is CCc1ccc2c(c1)NC(c1ccc(OC)cc1)CO2. The minimum Gasteiger partial charge on any atom is -0.497 e. The lowest BCUT2D eigenvalue weighted by Crippen LogP contribution is -2.23. The molecule has 1 N–H and O–H groups in total. The molecule has 0 aliphatic carbocycles. The molecular weight excluding hydrogens is 250 g/mol. The van der Waals surface area contributed by atoms with E-state index in [2.05, 4.69) is 36.5 Å². The Morgan fingerprint density at radius 1 is 1.20 bits per heavy atom. The Bertz CT molecular complexity index is 592. The van der Waals surface area contributed by atoms with Crippen LogP contribution in [0.15, 0.2) is 42.5 Å². The Kier molecular flexibility index (Phi) is 3.50. The van der Waals surface area contributed by atoms with Crippen molar-refractivity contribution in [1.82, 2.24) is 0 Å². The van der Waals surface area contributed by atoms with Crippen LogP contribution in [0, 0.1) is 0 Å². The fourth-order valence-electron chi connectivity index (χ4n) is 2.45. The summed E-state index contributed by atoms with van der Waals surface area (Å²) in [6.07, 6.45) is 1.03. The van der Waals surface area contributed by atoms with Crippen molar-refractivity contribution >= 4 is 5.69 Å². The van der Waals surface area contributed by atoms with Gasteiger partial charge in [0.1, 0.15) is 18.1 Å². The highest BCUT2D eigenvalue weighted by Gasteiger charge is 2.20. The number of aryl methyl sites for hydroxylation is 1. The smallest absolute Gasteiger partial charge is 0.142 e. The maximum absolute atomic E-state index is 5.85. The topological polar surface area (TPSA) is 30.5 Å². The third kappa shape index (κ3) is 2.44. The summed E-state index contributed by atoms with van der Waals surface area (Å²) in [5.74, 6) is 1.81. The van der Waals surface area contributed by atoms with Crippen LogP contribution in [0.1, 0.15) is 24.1 Å². The van der Waals surface area contributed by atoms with Gasteiger partial charge in [-0.2, -0.15) is 0 Å². The van der Waals surface area contributed by atoms with Crippen molar-refractivity contribution in [2.24, 2.45) is 0 Å². The summed E-state index contributed by atoms with van der Waals surface area (Å²) in [4.78, 5) is 0. The van der Waals surface area contributed by atoms with Crippen LogP contribution in [0.5, 0.6) is 11.5 Å². The van der Waals surface area contributed by atoms with E-state index in [0.29, 0.717) is 6.61 Å². The molecule has 0 bridgehead atoms. The number of methoxy groups -OCH3 is 1. The monoisotopic (exact) mass is 269 g/mol. The molecule has 1 heterocycles. The minimum absolute atomic E-state index is 0.181. The third-order valence-corrected chi connectivity index (χ3v) is 3.71. The molecule has 1 aliphatic rings. The molecular formula is C17H19NO2. The van der Waals surface area contributed by atoms with E-state index in [1.54, 1.807) is 7.11 Å². The molecule has 2 aromatic carbocycles. The first kappa shape index (κ1) is 12.9. The largest absolute Gasteiger partial charge is 0.497 e. The predicted octanol–water partition coefficient (Wildman–Crippen LogP) is 3.80. The van der Waals surface area contributed by atoms with E-state index >= 15 is 0 Å². The lowest BCUT2D eigenvalue weighted by atomic mass is 10.0. The molecule has 0 spiro atoms. The fraction of sp³-hybridized carbons (Fsp3) is 0.294. The lowest BCUT2D eigenvalue weighted by Gasteiger charge is -2.28. The van der Waals surface area contributed by atoms with Gasteiger partial charge in [-0.1, -0.05) is 25.1 Å². The molecule has 0 saturated heterocycles. The molecule has 3 heteroatoms. The van der Waals surface area contributed by atoms with Crippen molar-refractivity contribution in [2.45, 2.75) is 19.4 Å². The molecule has 0 radical (unpaired) electrons. The first-order valence-corrected chi connectivity index (χ1v) is 6.96. The fourth-order valence-corrected chi connectivity index (χ4v) is 2.45. The van der Waals surface area contributed by atoms with Gasteiger partial charge in [-0.05, 0) is 41.8 Å². The van der Waals surface area contributed by atoms with Crippen LogP contribution in [0.2, 0.25) is 0 Å². The first-order chi connectivity index (χ1) is 9.80. The van der Waals surface area contributed by atoms with Crippen LogP contribution >= 0.6 is 0 Å². The van der Waals surface area contributed by atoms with E-state index in [1.807, 2.05) is 18.2 Å². The Balaban J connectivity index is 1.83. The van der Waals surface area contributed by atoms with Gasteiger partial charge in [-0.25, -0.2) is 0 Å². The Morgan fingerprint density at radius 2 is 2.00 bits per heavy atom. The number of fused-ring (bicyclic) bond motifs is 1. The van der Waals surface area contributed by atoms with E-state index in [-0.39, 0.29) is 6.04 Å². The van der Waals surface area contributed by atoms with Crippen LogP contribution in [0.4, 0.5) is 5.69 Å². The van der Waals surface area contributed by atoms with E-state index < -0.39 is 0 Å². The standard InChI is InChI=1S/C17H19NO2/c1-3-12-4-9-17-15(10-12)18-16(11-20-17)13-5-7-14(19-2)8-6-13/h4-10,16,18H,3,11H2,1-2H3. The molecule has 0 fully saturated rings. The summed E-state index contributed by atoms with van der Waals surface area (Å²) in [5, 5.41) is 3.56. The predicted molar refractivity (Wildman–Crippen MR) is 80.7 cm³/mol. The van der Waals surface area contributed by atoms with Crippen LogP contribution in [-0.4, -0.2) is 13.7 Å². The zero-order valence-corrected chi connectivity index (χ0v) is 11.8. The minimum atomic E-state index is 0.181. The maximum atomic E-state index is 5.85. The summed E-state index contributed by atoms with van der Waals surface area (Å²) >= 11 is 0. The second-order valence-corrected chi connectivity index (χ2v) is 4.97. The highest BCUT2D eigenvalue weighted by Crippen LogP contribution is 2.34. The Morgan fingerprint density at radius 3 is 2.70 bits per heavy atom. The summed E-state index contributed by atoms with van der Waals surface area (Å²) in [6.45, 7) is 2.80. The van der Waals surface area contributed by atoms with Gasteiger partial charge in [0.2, 0.25) is 0 Å². The van der Waals surface area contributed by atoms with Gasteiger partial charge in [0.05, 0.1) is 18.8 Å². The first-order valence-electron chi connectivity index (χ1n) is 6.96. The zero-order chi connectivity index (χ0) is 13.9. The molecule has 1 aliphatic heterocycles. The summed E-state index contributed by atoms with van der Waals surface area (Å²) in [6, 6.07) is 14.6. The van der Waals surface area contributed by atoms with Crippen molar-refractivity contribution in [3.05, 3.63) is 53.6 Å². The Labute approximate surface area is 119 Å². The lowest BCUT2D eigenvalue weighted by molar-refractivity contribution is 0.286. The summed E-state index contributed by atoms with van der Waals surface area (Å²) in [5.41, 5.74) is 3.60. The maximum Gasteiger partial charge on any atom is 0.142 e. The van der Waals surface area contributed by atoms with Crippen molar-refractivity contribution in [2.75, 3.05) is 19.0 Å². The number of hydrogen-bond acceptors (Lipinski definition) is 3. The van der Waals surface area contributed by atoms with Crippen molar-refractivity contribution in [1.29, 1.82) is 0 Å². The van der Waals surface area contributed by atoms with Crippen molar-refractivity contribution < 1.29 is 9.47 Å². The van der Waals surface area contributed by atoms with Crippen LogP contribution in [0.3, 0.4) is 0 Å². The third-order valence-electron chi connectivity index (χ3n) is 3.71. The van der Waals surface area contributed by atoms with Crippen LogP contribution in [0.25, 0.3) is 0 Å². The highest BCUT2D eigenvalue weighted by molar-refractivity contribution is 5.60. The molecule has 2 aromatic rings. The number of rotatable bonds is 3. The van der Waals surface area contributed by atoms with Gasteiger partial charge in [0.15, 0.2) is 0 Å². The van der Waals surface area contributed by atoms with Gasteiger partial charge in [-0.3, -0.25) is 0 Å². The average molecular weight is 269 g/mol. The van der Waals surface area contributed by atoms with E-state index in [1.165, 1.54) is 11.1 Å². The zero-order valence-electron chi connectivity index (χ0n) is 11.8. The molecule has 3 rings (SSSR count). The van der Waals surface area contributed by atoms with E-state index in [4.69, 9.17) is 9.47 Å². The van der Waals surface area contributed by atoms with Gasteiger partial charge in [0, 0.05) is 0 Å². The number of anilines is 1. The normalized spacial score (nSPS) is 16.8. The number of benzene rings is 2. The molecule has 3 nitrogen and oxygen atoms in total. The quantitative estimate of drug-likeness (QED) is 0.919. The highest BCUT2D eigenvalue weighted by atomic mass is 16.5. The van der Waals surface area contributed by atoms with Gasteiger partial charge in [0.25, 0.3) is 0 Å². The second-order valence-electron chi connectivity index (χ2n) is 4.97. The van der Waals surface area contributed by atoms with Crippen LogP contribution in [-0.2, 0) is 6.42 Å². The molecule has 0 saturated carbocycles. The number of hydrogen-bond donors (Lipinski definition) is 1. The summed E-state index contributed by atoms with van der Waals surface area (Å²) in [7, 11) is 1.68. The van der Waals surface area contributed by atoms with Crippen molar-refractivity contribution in [3.63, 3.8) is 0 Å². The van der Waals surface area contributed by atoms with Gasteiger partial charge >= 0.3 is 0 Å². The second kappa shape index (κ2) is 5.45.